The number of piperidine rings is 1. The van der Waals surface area contributed by atoms with Crippen molar-refractivity contribution < 1.29 is 4.79 Å². The van der Waals surface area contributed by atoms with Gasteiger partial charge in [0.2, 0.25) is 5.28 Å². The highest BCUT2D eigenvalue weighted by Crippen LogP contribution is 2.33. The Kier molecular flexibility index (Phi) is 5.57. The van der Waals surface area contributed by atoms with Gasteiger partial charge in [-0.25, -0.2) is 4.98 Å². The smallest absolute Gasteiger partial charge is 0.256 e. The highest BCUT2D eigenvalue weighted by atomic mass is 35.5. The van der Waals surface area contributed by atoms with Gasteiger partial charge in [0.05, 0.1) is 16.6 Å². The number of benzene rings is 3. The Bertz CT molecular complexity index is 1530. The molecule has 0 radical (unpaired) electrons. The van der Waals surface area contributed by atoms with Crippen LogP contribution in [0, 0.1) is 6.92 Å². The van der Waals surface area contributed by atoms with Crippen LogP contribution in [0.5, 0.6) is 0 Å². The zero-order valence-corrected chi connectivity index (χ0v) is 20.4. The van der Waals surface area contributed by atoms with Crippen molar-refractivity contribution in [2.24, 2.45) is 0 Å². The van der Waals surface area contributed by atoms with E-state index < -0.39 is 0 Å². The third kappa shape index (κ3) is 3.80. The molecule has 0 aliphatic carbocycles. The van der Waals surface area contributed by atoms with Crippen molar-refractivity contribution in [3.8, 4) is 0 Å². The van der Waals surface area contributed by atoms with E-state index in [1.165, 1.54) is 5.56 Å². The lowest BCUT2D eigenvalue weighted by molar-refractivity contribution is 0.0697. The Morgan fingerprint density at radius 3 is 2.34 bits per heavy atom. The number of imidazole rings is 1. The maximum Gasteiger partial charge on any atom is 0.256 e. The van der Waals surface area contributed by atoms with E-state index in [0.29, 0.717) is 18.4 Å². The van der Waals surface area contributed by atoms with Crippen LogP contribution in [-0.2, 0) is 6.54 Å². The van der Waals surface area contributed by atoms with E-state index in [2.05, 4.69) is 63.5 Å². The minimum atomic E-state index is 0.116. The Labute approximate surface area is 209 Å². The Hall–Kier alpha value is -3.57. The minimum absolute atomic E-state index is 0.116. The molecule has 1 saturated heterocycles. The average Bonchev–Trinajstić information content (AvgIpc) is 3.37. The fraction of sp³-hybridized carbons (Fsp3) is 0.241. The summed E-state index contributed by atoms with van der Waals surface area (Å²) < 4.78 is 4.40. The summed E-state index contributed by atoms with van der Waals surface area (Å²) in [6, 6.07) is 26.9. The van der Waals surface area contributed by atoms with Gasteiger partial charge in [-0.15, -0.1) is 0 Å². The minimum Gasteiger partial charge on any atom is -0.340 e. The highest BCUT2D eigenvalue weighted by Gasteiger charge is 2.29. The summed E-state index contributed by atoms with van der Waals surface area (Å²) in [6.07, 6.45) is 1.71. The predicted octanol–water partition coefficient (Wildman–Crippen LogP) is 6.48. The number of aromatic nitrogens is 3. The second kappa shape index (κ2) is 8.90. The van der Waals surface area contributed by atoms with Crippen LogP contribution >= 0.6 is 11.6 Å². The fourth-order valence-electron chi connectivity index (χ4n) is 5.52. The van der Waals surface area contributed by atoms with Crippen molar-refractivity contribution in [3.63, 3.8) is 0 Å². The maximum atomic E-state index is 13.8. The number of rotatable bonds is 4. The summed E-state index contributed by atoms with van der Waals surface area (Å²) in [7, 11) is 0. The van der Waals surface area contributed by atoms with E-state index in [4.69, 9.17) is 11.6 Å². The molecular formula is C29H27ClN4O. The highest BCUT2D eigenvalue weighted by molar-refractivity contribution is 6.29. The molecule has 176 valence electrons. The van der Waals surface area contributed by atoms with E-state index in [1.807, 2.05) is 41.3 Å². The lowest BCUT2D eigenvalue weighted by Crippen LogP contribution is -2.39. The lowest BCUT2D eigenvalue weighted by Gasteiger charge is -2.33. The molecule has 1 fully saturated rings. The molecule has 5 nitrogen and oxygen atoms in total. The third-order valence-corrected chi connectivity index (χ3v) is 7.56. The van der Waals surface area contributed by atoms with E-state index in [1.54, 1.807) is 0 Å². The van der Waals surface area contributed by atoms with Crippen LogP contribution in [0.2, 0.25) is 5.28 Å². The quantitative estimate of drug-likeness (QED) is 0.294. The van der Waals surface area contributed by atoms with E-state index in [-0.39, 0.29) is 11.9 Å². The molecule has 0 bridgehead atoms. The van der Waals surface area contributed by atoms with Crippen molar-refractivity contribution in [3.05, 3.63) is 101 Å². The summed E-state index contributed by atoms with van der Waals surface area (Å²) in [4.78, 5) is 20.4. The molecular weight excluding hydrogens is 456 g/mol. The molecule has 3 aromatic carbocycles. The van der Waals surface area contributed by atoms with Gasteiger partial charge in [0.15, 0.2) is 0 Å². The summed E-state index contributed by atoms with van der Waals surface area (Å²) in [5, 5.41) is 1.55. The van der Waals surface area contributed by atoms with Crippen molar-refractivity contribution in [1.29, 1.82) is 0 Å². The predicted molar refractivity (Wildman–Crippen MR) is 141 cm³/mol. The number of likely N-dealkylation sites (tertiary alicyclic amines) is 1. The number of para-hydroxylation sites is 3. The largest absolute Gasteiger partial charge is 0.340 e. The van der Waals surface area contributed by atoms with Crippen LogP contribution < -0.4 is 0 Å². The van der Waals surface area contributed by atoms with Crippen LogP contribution in [-0.4, -0.2) is 38.0 Å². The first kappa shape index (κ1) is 21.9. The number of hydrogen-bond acceptors (Lipinski definition) is 2. The summed E-state index contributed by atoms with van der Waals surface area (Å²) in [5.74, 6) is 0.116. The summed E-state index contributed by atoms with van der Waals surface area (Å²) in [5.41, 5.74) is 6.14. The van der Waals surface area contributed by atoms with Gasteiger partial charge in [-0.3, -0.25) is 4.79 Å². The number of hydrogen-bond donors (Lipinski definition) is 0. The summed E-state index contributed by atoms with van der Waals surface area (Å²) in [6.45, 7) is 4.21. The van der Waals surface area contributed by atoms with Gasteiger partial charge < -0.3 is 14.0 Å². The van der Waals surface area contributed by atoms with Gasteiger partial charge in [0, 0.05) is 42.3 Å². The van der Waals surface area contributed by atoms with Crippen LogP contribution in [0.4, 0.5) is 0 Å². The number of carbonyl (C=O) groups is 1. The third-order valence-electron chi connectivity index (χ3n) is 7.30. The molecule has 1 aliphatic heterocycles. The molecule has 5 aromatic rings. The molecule has 0 unspecified atom stereocenters. The molecule has 0 atom stereocenters. The zero-order valence-electron chi connectivity index (χ0n) is 19.7. The molecule has 6 heteroatoms. The number of halogens is 1. The fourth-order valence-corrected chi connectivity index (χ4v) is 5.84. The molecule has 1 amide bonds. The normalized spacial score (nSPS) is 14.7. The number of nitrogens with zero attached hydrogens (tertiary/aromatic N) is 4. The molecule has 35 heavy (non-hydrogen) atoms. The zero-order chi connectivity index (χ0) is 23.9. The molecule has 0 saturated carbocycles. The Morgan fingerprint density at radius 1 is 0.914 bits per heavy atom. The molecule has 0 N–H and O–H groups in total. The van der Waals surface area contributed by atoms with Crippen molar-refractivity contribution in [1.82, 2.24) is 19.0 Å². The first-order valence-corrected chi connectivity index (χ1v) is 12.5. The standard InChI is InChI=1S/C29H27ClN4O/c1-20-27(23-11-5-7-13-25(23)33(20)19-21-9-3-2-4-10-21)28(35)32-17-15-22(16-18-32)34-26-14-8-6-12-24(26)31-29(34)30/h2-14,22H,15-19H2,1H3. The van der Waals surface area contributed by atoms with Crippen molar-refractivity contribution >= 4 is 39.4 Å². The van der Waals surface area contributed by atoms with E-state index >= 15 is 0 Å². The molecule has 0 spiro atoms. The van der Waals surface area contributed by atoms with E-state index in [9.17, 15) is 4.79 Å². The van der Waals surface area contributed by atoms with Gasteiger partial charge in [-0.2, -0.15) is 0 Å². The molecule has 2 aromatic heterocycles. The lowest BCUT2D eigenvalue weighted by atomic mass is 10.0. The first-order valence-electron chi connectivity index (χ1n) is 12.2. The molecule has 1 aliphatic rings. The van der Waals surface area contributed by atoms with Crippen molar-refractivity contribution in [2.75, 3.05) is 13.1 Å². The van der Waals surface area contributed by atoms with Crippen LogP contribution in [0.3, 0.4) is 0 Å². The van der Waals surface area contributed by atoms with Gasteiger partial charge in [0.25, 0.3) is 5.91 Å². The van der Waals surface area contributed by atoms with Crippen LogP contribution in [0.25, 0.3) is 21.9 Å². The van der Waals surface area contributed by atoms with Gasteiger partial charge in [-0.1, -0.05) is 60.7 Å². The topological polar surface area (TPSA) is 43.1 Å². The Morgan fingerprint density at radius 2 is 1.57 bits per heavy atom. The SMILES string of the molecule is Cc1c(C(=O)N2CCC(n3c(Cl)nc4ccccc43)CC2)c2ccccc2n1Cc1ccccc1. The van der Waals surface area contributed by atoms with Gasteiger partial charge >= 0.3 is 0 Å². The maximum absolute atomic E-state index is 13.8. The Balaban J connectivity index is 1.28. The van der Waals surface area contributed by atoms with Gasteiger partial charge in [0.1, 0.15) is 0 Å². The van der Waals surface area contributed by atoms with Crippen molar-refractivity contribution in [2.45, 2.75) is 32.4 Å². The monoisotopic (exact) mass is 482 g/mol. The number of carbonyl (C=O) groups excluding carboxylic acids is 1. The first-order chi connectivity index (χ1) is 17.1. The number of amides is 1. The van der Waals surface area contributed by atoms with Crippen LogP contribution in [0.1, 0.15) is 40.5 Å². The second-order valence-corrected chi connectivity index (χ2v) is 9.65. The van der Waals surface area contributed by atoms with Gasteiger partial charge in [-0.05, 0) is 55.1 Å². The molecule has 6 rings (SSSR count). The summed E-state index contributed by atoms with van der Waals surface area (Å²) >= 11 is 6.52. The number of fused-ring (bicyclic) bond motifs is 2. The second-order valence-electron chi connectivity index (χ2n) is 9.31. The van der Waals surface area contributed by atoms with E-state index in [0.717, 1.165) is 52.6 Å². The van der Waals surface area contributed by atoms with Crippen LogP contribution in [0.15, 0.2) is 78.9 Å². The average molecular weight is 483 g/mol. The molecule has 3 heterocycles.